The fraction of sp³-hybridized carbons (Fsp3) is 1.00. The molecule has 4 heterocycles. The van der Waals surface area contributed by atoms with Gasteiger partial charge in [-0.2, -0.15) is 0 Å². The highest BCUT2D eigenvalue weighted by Crippen LogP contribution is 2.11. The third-order valence-electron chi connectivity index (χ3n) is 6.97. The van der Waals surface area contributed by atoms with Gasteiger partial charge in [-0.15, -0.1) is 0 Å². The van der Waals surface area contributed by atoms with Crippen LogP contribution in [0.3, 0.4) is 0 Å². The second kappa shape index (κ2) is 60.1. The highest BCUT2D eigenvalue weighted by Gasteiger charge is 2.18. The Bertz CT molecular complexity index is 386. The molecule has 0 aromatic heterocycles. The summed E-state index contributed by atoms with van der Waals surface area (Å²) in [6.45, 7) is 23.5. The molecule has 0 radical (unpaired) electrons. The minimum absolute atomic E-state index is 0. The molecule has 0 aromatic carbocycles. The van der Waals surface area contributed by atoms with E-state index in [0.29, 0.717) is 0 Å². The van der Waals surface area contributed by atoms with E-state index in [0.717, 1.165) is 13.3 Å². The van der Waals surface area contributed by atoms with E-state index in [-0.39, 0.29) is 111 Å². The van der Waals surface area contributed by atoms with Gasteiger partial charge in [0, 0.05) is 19.7 Å². The van der Waals surface area contributed by atoms with E-state index < -0.39 is 0 Å². The second-order valence-corrected chi connectivity index (χ2v) is 9.51. The predicted molar refractivity (Wildman–Crippen MR) is 233 cm³/mol. The maximum atomic E-state index is 5.24. The van der Waals surface area contributed by atoms with Crippen LogP contribution >= 0.6 is 0 Å². The number of hydrogen-bond donors (Lipinski definition) is 0. The molecule has 0 N–H and O–H groups in total. The molecule has 6 heteroatoms. The number of nitrogens with zero attached hydrogens (tertiary/aromatic N) is 5. The average molecular weight is 680 g/mol. The molecule has 0 aromatic rings. The summed E-state index contributed by atoms with van der Waals surface area (Å²) in [5.41, 5.74) is 0. The Morgan fingerprint density at radius 1 is 0.391 bits per heavy atom. The fourth-order valence-electron chi connectivity index (χ4n) is 4.89. The number of hydrogen-bond acceptors (Lipinski definition) is 6. The van der Waals surface area contributed by atoms with Crippen molar-refractivity contribution in [1.29, 1.82) is 0 Å². The molecule has 0 saturated carbocycles. The van der Waals surface area contributed by atoms with E-state index >= 15 is 0 Å². The molecule has 4 aliphatic rings. The smallest absolute Gasteiger partial charge is 0.0990 e. The van der Waals surface area contributed by atoms with E-state index in [9.17, 15) is 0 Å². The van der Waals surface area contributed by atoms with E-state index in [1.54, 1.807) is 0 Å². The highest BCUT2D eigenvalue weighted by molar-refractivity contribution is 4.70. The summed E-state index contributed by atoms with van der Waals surface area (Å²) >= 11 is 0. The van der Waals surface area contributed by atoms with Gasteiger partial charge in [-0.25, -0.2) is 0 Å². The Kier molecular flexibility index (Phi) is 119. The first kappa shape index (κ1) is 90.9. The molecule has 304 valence electrons. The molecule has 0 unspecified atom stereocenters. The molecule has 46 heavy (non-hydrogen) atoms. The fourth-order valence-corrected chi connectivity index (χ4v) is 4.89. The zero-order chi connectivity index (χ0) is 22.2. The van der Waals surface area contributed by atoms with Gasteiger partial charge in [0.25, 0.3) is 0 Å². The average Bonchev–Trinajstić information content (AvgIpc) is 3.60. The molecule has 4 rings (SSSR count). The van der Waals surface area contributed by atoms with Crippen molar-refractivity contribution in [2.45, 2.75) is 184 Å². The zero-order valence-corrected chi connectivity index (χ0v) is 21.2. The van der Waals surface area contributed by atoms with Crippen LogP contribution in [0.1, 0.15) is 184 Å². The summed E-state index contributed by atoms with van der Waals surface area (Å²) in [7, 11) is 0. The Balaban J connectivity index is -0.0000000250. The van der Waals surface area contributed by atoms with Gasteiger partial charge in [-0.3, -0.25) is 19.6 Å². The standard InChI is InChI=1S/C12H25N3.C7H15NO.C6H13N.15CH4/c1-2-13(11-14-7-3-4-8-14)12-15-9-5-6-10-15;1-2-9-7-8-5-3-4-6-8;1-2-7-5-3-4-6-7;;;;;;;;;;;;;;;/h2-12H2,1H3;2-7H2,1H3;2-6H2,1H3;15*1H4. The first-order valence-electron chi connectivity index (χ1n) is 13.4. The molecule has 0 amide bonds. The summed E-state index contributed by atoms with van der Waals surface area (Å²) in [6, 6.07) is 0. The van der Waals surface area contributed by atoms with Crippen molar-refractivity contribution in [3.8, 4) is 0 Å². The van der Waals surface area contributed by atoms with E-state index in [1.165, 1.54) is 130 Å². The molecule has 0 atom stereocenters. The number of likely N-dealkylation sites (tertiary alicyclic amines) is 4. The predicted octanol–water partition coefficient (Wildman–Crippen LogP) is 13.1. The van der Waals surface area contributed by atoms with Crippen molar-refractivity contribution in [1.82, 2.24) is 24.5 Å². The topological polar surface area (TPSA) is 25.4 Å². The molecule has 0 aliphatic carbocycles. The van der Waals surface area contributed by atoms with Gasteiger partial charge >= 0.3 is 0 Å². The minimum Gasteiger partial charge on any atom is -0.366 e. The van der Waals surface area contributed by atoms with Gasteiger partial charge in [0.15, 0.2) is 0 Å². The Hall–Kier alpha value is -0.240. The Labute approximate surface area is 304 Å². The van der Waals surface area contributed by atoms with Gasteiger partial charge in [-0.05, 0) is 111 Å². The molecule has 4 saturated heterocycles. The lowest BCUT2D eigenvalue weighted by molar-refractivity contribution is 0.0496. The molecule has 6 nitrogen and oxygen atoms in total. The van der Waals surface area contributed by atoms with Gasteiger partial charge in [-0.1, -0.05) is 125 Å². The van der Waals surface area contributed by atoms with Crippen LogP contribution < -0.4 is 0 Å². The molecule has 0 spiro atoms. The van der Waals surface area contributed by atoms with Crippen LogP contribution in [0.4, 0.5) is 0 Å². The van der Waals surface area contributed by atoms with E-state index in [2.05, 4.69) is 38.3 Å². The monoisotopic (exact) mass is 680 g/mol. The molecular formula is C40H113N5O. The van der Waals surface area contributed by atoms with E-state index in [1.807, 2.05) is 6.92 Å². The third kappa shape index (κ3) is 41.8. The van der Waals surface area contributed by atoms with Crippen LogP contribution in [-0.4, -0.2) is 117 Å². The van der Waals surface area contributed by atoms with Crippen molar-refractivity contribution in [2.75, 3.05) is 92.1 Å². The van der Waals surface area contributed by atoms with Crippen LogP contribution in [0.2, 0.25) is 0 Å². The SMILES string of the molecule is C.C.C.C.C.C.C.C.C.C.C.C.C.C.C.CCN(CN1CCCC1)CN1CCCC1.CCN1CCCC1.CCOCN1CCCC1. The molecule has 4 fully saturated rings. The largest absolute Gasteiger partial charge is 0.366 e. The van der Waals surface area contributed by atoms with Crippen molar-refractivity contribution in [3.63, 3.8) is 0 Å². The summed E-state index contributed by atoms with van der Waals surface area (Å²) in [5, 5.41) is 0. The normalized spacial score (nSPS) is 15.7. The molecular weight excluding hydrogens is 566 g/mol. The summed E-state index contributed by atoms with van der Waals surface area (Å²) in [4.78, 5) is 12.6. The zero-order valence-electron chi connectivity index (χ0n) is 21.2. The van der Waals surface area contributed by atoms with Crippen LogP contribution in [0, 0.1) is 0 Å². The summed E-state index contributed by atoms with van der Waals surface area (Å²) in [5.74, 6) is 0. The van der Waals surface area contributed by atoms with Crippen LogP contribution in [0.15, 0.2) is 0 Å². The van der Waals surface area contributed by atoms with Crippen molar-refractivity contribution < 1.29 is 4.74 Å². The third-order valence-corrected chi connectivity index (χ3v) is 6.97. The van der Waals surface area contributed by atoms with Crippen LogP contribution in [-0.2, 0) is 4.74 Å². The molecule has 0 bridgehead atoms. The number of ether oxygens (including phenoxy) is 1. The van der Waals surface area contributed by atoms with Crippen LogP contribution in [0.25, 0.3) is 0 Å². The van der Waals surface area contributed by atoms with Crippen molar-refractivity contribution in [2.24, 2.45) is 0 Å². The maximum Gasteiger partial charge on any atom is 0.0990 e. The van der Waals surface area contributed by atoms with Gasteiger partial charge in [0.1, 0.15) is 0 Å². The lowest BCUT2D eigenvalue weighted by Gasteiger charge is -2.30. The van der Waals surface area contributed by atoms with Crippen molar-refractivity contribution >= 4 is 0 Å². The second-order valence-electron chi connectivity index (χ2n) is 9.51. The van der Waals surface area contributed by atoms with Gasteiger partial charge < -0.3 is 9.64 Å². The van der Waals surface area contributed by atoms with Gasteiger partial charge in [0.05, 0.1) is 20.1 Å². The van der Waals surface area contributed by atoms with E-state index in [4.69, 9.17) is 4.74 Å². The van der Waals surface area contributed by atoms with Crippen LogP contribution in [0.5, 0.6) is 0 Å². The number of rotatable bonds is 9. The van der Waals surface area contributed by atoms with Crippen molar-refractivity contribution in [3.05, 3.63) is 0 Å². The first-order chi connectivity index (χ1) is 15.2. The lowest BCUT2D eigenvalue weighted by atomic mass is 10.4. The summed E-state index contributed by atoms with van der Waals surface area (Å²) < 4.78 is 5.24. The Morgan fingerprint density at radius 3 is 0.870 bits per heavy atom. The quantitative estimate of drug-likeness (QED) is 0.240. The summed E-state index contributed by atoms with van der Waals surface area (Å²) in [6.07, 6.45) is 11.2. The lowest BCUT2D eigenvalue weighted by Crippen LogP contribution is -2.42. The maximum absolute atomic E-state index is 5.24. The molecule has 4 aliphatic heterocycles. The first-order valence-corrected chi connectivity index (χ1v) is 13.4. The minimum atomic E-state index is 0. The highest BCUT2D eigenvalue weighted by atomic mass is 16.5. The van der Waals surface area contributed by atoms with Gasteiger partial charge in [0.2, 0.25) is 0 Å². The Morgan fingerprint density at radius 2 is 0.652 bits per heavy atom.